The lowest BCUT2D eigenvalue weighted by atomic mass is 10.2. The van der Waals surface area contributed by atoms with Crippen molar-refractivity contribution in [3.05, 3.63) is 52.3 Å². The van der Waals surface area contributed by atoms with E-state index in [1.165, 1.54) is 11.8 Å². The smallest absolute Gasteiger partial charge is 0.235 e. The van der Waals surface area contributed by atoms with E-state index in [0.29, 0.717) is 17.3 Å². The van der Waals surface area contributed by atoms with Crippen LogP contribution in [0, 0.1) is 10.1 Å². The van der Waals surface area contributed by atoms with Crippen LogP contribution in [0.15, 0.2) is 36.7 Å². The standard InChI is InChI=1S/C18H23N7O2/c1-19-17-14(7-8-25(26)27)13-20-18(22-17)21-15-3-5-16(6-4-15)24-11-9-23(2)10-12-24/h3-8,13H,9-12H2,1-2H3,(H2,19,20,21,22). The fraction of sp³-hybridized carbons (Fsp3) is 0.333. The topological polar surface area (TPSA) is 99.5 Å². The Morgan fingerprint density at radius 3 is 2.52 bits per heavy atom. The van der Waals surface area contributed by atoms with Crippen LogP contribution in [0.25, 0.3) is 6.08 Å². The van der Waals surface area contributed by atoms with Gasteiger partial charge in [-0.25, -0.2) is 4.98 Å². The lowest BCUT2D eigenvalue weighted by Crippen LogP contribution is -2.44. The van der Waals surface area contributed by atoms with Crippen molar-refractivity contribution in [2.45, 2.75) is 0 Å². The Balaban J connectivity index is 1.69. The molecule has 9 heteroatoms. The van der Waals surface area contributed by atoms with Gasteiger partial charge in [0, 0.05) is 62.4 Å². The van der Waals surface area contributed by atoms with Crippen LogP contribution in [0.1, 0.15) is 5.56 Å². The molecule has 3 rings (SSSR count). The van der Waals surface area contributed by atoms with Crippen molar-refractivity contribution >= 4 is 29.2 Å². The molecule has 1 aliphatic heterocycles. The molecular formula is C18H23N7O2. The van der Waals surface area contributed by atoms with Gasteiger partial charge in [-0.3, -0.25) is 10.1 Å². The van der Waals surface area contributed by atoms with E-state index in [1.54, 1.807) is 13.2 Å². The minimum atomic E-state index is -0.520. The number of aromatic nitrogens is 2. The third-order valence-corrected chi connectivity index (χ3v) is 4.42. The molecule has 0 unspecified atom stereocenters. The van der Waals surface area contributed by atoms with Crippen LogP contribution in [0.2, 0.25) is 0 Å². The van der Waals surface area contributed by atoms with Gasteiger partial charge in [0.05, 0.1) is 4.92 Å². The molecule has 142 valence electrons. The Bertz CT molecular complexity index is 815. The number of hydrogen-bond donors (Lipinski definition) is 2. The first-order chi connectivity index (χ1) is 13.0. The van der Waals surface area contributed by atoms with Crippen molar-refractivity contribution in [3.8, 4) is 0 Å². The second-order valence-corrected chi connectivity index (χ2v) is 6.31. The fourth-order valence-corrected chi connectivity index (χ4v) is 2.86. The number of nitro groups is 1. The fourth-order valence-electron chi connectivity index (χ4n) is 2.86. The highest BCUT2D eigenvalue weighted by Crippen LogP contribution is 2.22. The maximum atomic E-state index is 10.5. The zero-order chi connectivity index (χ0) is 19.2. The largest absolute Gasteiger partial charge is 0.372 e. The molecule has 2 heterocycles. The molecular weight excluding hydrogens is 346 g/mol. The second kappa shape index (κ2) is 8.45. The van der Waals surface area contributed by atoms with Crippen molar-refractivity contribution in [2.24, 2.45) is 0 Å². The molecule has 1 fully saturated rings. The van der Waals surface area contributed by atoms with Gasteiger partial charge in [-0.2, -0.15) is 4.98 Å². The number of likely N-dealkylation sites (N-methyl/N-ethyl adjacent to an activating group) is 1. The van der Waals surface area contributed by atoms with E-state index in [0.717, 1.165) is 38.1 Å². The predicted octanol–water partition coefficient (Wildman–Crippen LogP) is 2.26. The van der Waals surface area contributed by atoms with Gasteiger partial charge in [0.25, 0.3) is 0 Å². The van der Waals surface area contributed by atoms with E-state index >= 15 is 0 Å². The highest BCUT2D eigenvalue weighted by Gasteiger charge is 2.14. The first kappa shape index (κ1) is 18.6. The quantitative estimate of drug-likeness (QED) is 0.591. The van der Waals surface area contributed by atoms with Crippen LogP contribution >= 0.6 is 0 Å². The number of nitrogens with zero attached hydrogens (tertiary/aromatic N) is 5. The SMILES string of the molecule is CNc1nc(Nc2ccc(N3CCN(C)CC3)cc2)ncc1C=C[N+](=O)[O-]. The molecule has 0 radical (unpaired) electrons. The number of rotatable bonds is 6. The van der Waals surface area contributed by atoms with Crippen LogP contribution in [0.4, 0.5) is 23.1 Å². The summed E-state index contributed by atoms with van der Waals surface area (Å²) in [6, 6.07) is 8.16. The van der Waals surface area contributed by atoms with E-state index in [-0.39, 0.29) is 0 Å². The van der Waals surface area contributed by atoms with Crippen LogP contribution < -0.4 is 15.5 Å². The summed E-state index contributed by atoms with van der Waals surface area (Å²) in [5.41, 5.74) is 2.62. The number of piperazine rings is 1. The van der Waals surface area contributed by atoms with Gasteiger partial charge >= 0.3 is 0 Å². The summed E-state index contributed by atoms with van der Waals surface area (Å²) >= 11 is 0. The van der Waals surface area contributed by atoms with E-state index in [9.17, 15) is 10.1 Å². The third-order valence-electron chi connectivity index (χ3n) is 4.42. The van der Waals surface area contributed by atoms with E-state index < -0.39 is 4.92 Å². The predicted molar refractivity (Wildman–Crippen MR) is 107 cm³/mol. The molecule has 0 bridgehead atoms. The van der Waals surface area contributed by atoms with Crippen LogP contribution in [0.3, 0.4) is 0 Å². The zero-order valence-corrected chi connectivity index (χ0v) is 15.4. The summed E-state index contributed by atoms with van der Waals surface area (Å²) in [5, 5.41) is 16.6. The summed E-state index contributed by atoms with van der Waals surface area (Å²) in [6.45, 7) is 4.18. The molecule has 27 heavy (non-hydrogen) atoms. The van der Waals surface area contributed by atoms with E-state index in [4.69, 9.17) is 0 Å². The Labute approximate surface area is 157 Å². The first-order valence-corrected chi connectivity index (χ1v) is 8.72. The molecule has 2 N–H and O–H groups in total. The monoisotopic (exact) mass is 369 g/mol. The van der Waals surface area contributed by atoms with Gasteiger partial charge < -0.3 is 20.4 Å². The number of anilines is 4. The molecule has 0 amide bonds. The summed E-state index contributed by atoms with van der Waals surface area (Å²) in [4.78, 5) is 23.2. The van der Waals surface area contributed by atoms with Crippen molar-refractivity contribution in [3.63, 3.8) is 0 Å². The highest BCUT2D eigenvalue weighted by atomic mass is 16.6. The average Bonchev–Trinajstić information content (AvgIpc) is 2.68. The average molecular weight is 369 g/mol. The van der Waals surface area contributed by atoms with Gasteiger partial charge in [-0.05, 0) is 31.3 Å². The molecule has 0 atom stereocenters. The van der Waals surface area contributed by atoms with Gasteiger partial charge in [0.1, 0.15) is 5.82 Å². The van der Waals surface area contributed by atoms with Crippen LogP contribution in [-0.2, 0) is 0 Å². The van der Waals surface area contributed by atoms with Gasteiger partial charge in [0.2, 0.25) is 12.1 Å². The van der Waals surface area contributed by atoms with E-state index in [2.05, 4.69) is 49.6 Å². The normalized spacial score (nSPS) is 15.1. The molecule has 9 nitrogen and oxygen atoms in total. The highest BCUT2D eigenvalue weighted by molar-refractivity contribution is 5.65. The Morgan fingerprint density at radius 2 is 1.89 bits per heavy atom. The summed E-state index contributed by atoms with van der Waals surface area (Å²) in [6.07, 6.45) is 3.77. The van der Waals surface area contributed by atoms with Crippen molar-refractivity contribution in [1.29, 1.82) is 0 Å². The molecule has 1 aromatic carbocycles. The first-order valence-electron chi connectivity index (χ1n) is 8.72. The molecule has 1 aliphatic rings. The summed E-state index contributed by atoms with van der Waals surface area (Å²) in [5.74, 6) is 0.935. The minimum Gasteiger partial charge on any atom is -0.372 e. The summed E-state index contributed by atoms with van der Waals surface area (Å²) < 4.78 is 0. The van der Waals surface area contributed by atoms with Crippen molar-refractivity contribution < 1.29 is 4.92 Å². The van der Waals surface area contributed by atoms with Crippen LogP contribution in [-0.4, -0.2) is 60.1 Å². The zero-order valence-electron chi connectivity index (χ0n) is 15.4. The third kappa shape index (κ3) is 4.91. The molecule has 1 aromatic heterocycles. The maximum absolute atomic E-state index is 10.5. The molecule has 2 aromatic rings. The lowest BCUT2D eigenvalue weighted by Gasteiger charge is -2.34. The second-order valence-electron chi connectivity index (χ2n) is 6.31. The number of benzene rings is 1. The Kier molecular flexibility index (Phi) is 5.82. The maximum Gasteiger partial charge on any atom is 0.235 e. The van der Waals surface area contributed by atoms with Crippen molar-refractivity contribution in [1.82, 2.24) is 14.9 Å². The Morgan fingerprint density at radius 1 is 1.19 bits per heavy atom. The van der Waals surface area contributed by atoms with E-state index in [1.807, 2.05) is 12.1 Å². The molecule has 0 aliphatic carbocycles. The summed E-state index contributed by atoms with van der Waals surface area (Å²) in [7, 11) is 3.85. The van der Waals surface area contributed by atoms with Gasteiger partial charge in [-0.1, -0.05) is 0 Å². The van der Waals surface area contributed by atoms with Crippen LogP contribution in [0.5, 0.6) is 0 Å². The molecule has 0 spiro atoms. The number of nitrogens with one attached hydrogen (secondary N) is 2. The minimum absolute atomic E-state index is 0.421. The lowest BCUT2D eigenvalue weighted by molar-refractivity contribution is -0.400. The van der Waals surface area contributed by atoms with Gasteiger partial charge in [-0.15, -0.1) is 0 Å². The van der Waals surface area contributed by atoms with Crippen molar-refractivity contribution in [2.75, 3.05) is 55.8 Å². The Hall–Kier alpha value is -3.20. The molecule has 1 saturated heterocycles. The number of hydrogen-bond acceptors (Lipinski definition) is 8. The van der Waals surface area contributed by atoms with Gasteiger partial charge in [0.15, 0.2) is 0 Å². The molecule has 0 saturated carbocycles.